The minimum Gasteiger partial charge on any atom is -0.354 e. The average molecular weight is 221 g/mol. The van der Waals surface area contributed by atoms with Crippen LogP contribution in [0.4, 0.5) is 0 Å². The fourth-order valence-electron chi connectivity index (χ4n) is 1.83. The lowest BCUT2D eigenvalue weighted by molar-refractivity contribution is -0.119. The molecule has 6 heteroatoms. The van der Waals surface area contributed by atoms with Gasteiger partial charge in [-0.2, -0.15) is 8.42 Å². The molecule has 1 fully saturated rings. The first kappa shape index (κ1) is 11.5. The zero-order valence-corrected chi connectivity index (χ0v) is 8.88. The van der Waals surface area contributed by atoms with Crippen molar-refractivity contribution in [1.29, 1.82) is 0 Å². The summed E-state index contributed by atoms with van der Waals surface area (Å²) >= 11 is 0. The first-order chi connectivity index (χ1) is 6.39. The average Bonchev–Trinajstić information content (AvgIpc) is 2.01. The molecule has 1 aliphatic carbocycles. The van der Waals surface area contributed by atoms with Crippen molar-refractivity contribution in [2.75, 3.05) is 0 Å². The normalized spacial score (nSPS) is 28.4. The predicted molar refractivity (Wildman–Crippen MR) is 51.4 cm³/mol. The molecule has 0 saturated heterocycles. The maximum atomic E-state index is 10.9. The molecule has 0 heterocycles. The molecule has 5 nitrogen and oxygen atoms in total. The zero-order chi connectivity index (χ0) is 10.8. The van der Waals surface area contributed by atoms with E-state index in [9.17, 15) is 13.2 Å². The van der Waals surface area contributed by atoms with E-state index >= 15 is 0 Å². The highest BCUT2D eigenvalue weighted by Crippen LogP contribution is 2.23. The summed E-state index contributed by atoms with van der Waals surface area (Å²) in [6, 6.07) is -0.117. The molecule has 0 spiro atoms. The fourth-order valence-corrected chi connectivity index (χ4v) is 2.77. The Labute approximate surface area is 83.6 Å². The molecule has 14 heavy (non-hydrogen) atoms. The molecule has 0 aromatic carbocycles. The number of carbonyl (C=O) groups excluding carboxylic acids is 1. The van der Waals surface area contributed by atoms with Gasteiger partial charge in [0.2, 0.25) is 5.91 Å². The van der Waals surface area contributed by atoms with Crippen LogP contribution in [0.3, 0.4) is 0 Å². The fraction of sp³-hybridized carbons (Fsp3) is 0.875. The van der Waals surface area contributed by atoms with E-state index in [-0.39, 0.29) is 11.9 Å². The van der Waals surface area contributed by atoms with Gasteiger partial charge in [0.25, 0.3) is 10.1 Å². The second kappa shape index (κ2) is 4.27. The Morgan fingerprint density at radius 3 is 2.57 bits per heavy atom. The zero-order valence-electron chi connectivity index (χ0n) is 8.06. The molecule has 0 radical (unpaired) electrons. The quantitative estimate of drug-likeness (QED) is 0.658. The largest absolute Gasteiger partial charge is 0.354 e. The maximum Gasteiger partial charge on any atom is 0.267 e. The van der Waals surface area contributed by atoms with Crippen LogP contribution in [0.5, 0.6) is 0 Å². The molecule has 1 saturated carbocycles. The van der Waals surface area contributed by atoms with Crippen molar-refractivity contribution in [3.05, 3.63) is 0 Å². The van der Waals surface area contributed by atoms with Gasteiger partial charge in [-0.3, -0.25) is 9.35 Å². The van der Waals surface area contributed by atoms with Crippen LogP contribution in [-0.4, -0.2) is 30.2 Å². The van der Waals surface area contributed by atoms with Crippen LogP contribution < -0.4 is 5.32 Å². The van der Waals surface area contributed by atoms with E-state index in [1.54, 1.807) is 0 Å². The molecule has 2 atom stereocenters. The van der Waals surface area contributed by atoms with Gasteiger partial charge in [-0.25, -0.2) is 0 Å². The van der Waals surface area contributed by atoms with Gasteiger partial charge in [0.05, 0.1) is 5.25 Å². The van der Waals surface area contributed by atoms with E-state index in [1.165, 1.54) is 6.92 Å². The lowest BCUT2D eigenvalue weighted by Crippen LogP contribution is -2.40. The monoisotopic (exact) mass is 221 g/mol. The van der Waals surface area contributed by atoms with E-state index in [1.807, 2.05) is 0 Å². The van der Waals surface area contributed by atoms with Crippen LogP contribution in [0.15, 0.2) is 0 Å². The van der Waals surface area contributed by atoms with E-state index < -0.39 is 15.4 Å². The molecule has 0 bridgehead atoms. The van der Waals surface area contributed by atoms with Crippen molar-refractivity contribution in [3.8, 4) is 0 Å². The molecule has 82 valence electrons. The van der Waals surface area contributed by atoms with E-state index in [0.29, 0.717) is 12.8 Å². The van der Waals surface area contributed by atoms with Gasteiger partial charge in [0.1, 0.15) is 0 Å². The van der Waals surface area contributed by atoms with Crippen LogP contribution in [0, 0.1) is 0 Å². The Morgan fingerprint density at radius 2 is 2.07 bits per heavy atom. The maximum absolute atomic E-state index is 10.9. The molecule has 0 aliphatic heterocycles. The number of amides is 1. The van der Waals surface area contributed by atoms with Gasteiger partial charge < -0.3 is 5.32 Å². The molecular formula is C8H15NO4S. The van der Waals surface area contributed by atoms with Crippen molar-refractivity contribution in [2.45, 2.75) is 43.9 Å². The molecule has 1 amide bonds. The van der Waals surface area contributed by atoms with Crippen molar-refractivity contribution < 1.29 is 17.8 Å². The van der Waals surface area contributed by atoms with Gasteiger partial charge in [0, 0.05) is 13.0 Å². The smallest absolute Gasteiger partial charge is 0.267 e. The molecule has 0 aromatic heterocycles. The van der Waals surface area contributed by atoms with Crippen LogP contribution >= 0.6 is 0 Å². The van der Waals surface area contributed by atoms with Crippen LogP contribution in [0.25, 0.3) is 0 Å². The van der Waals surface area contributed by atoms with Gasteiger partial charge in [-0.15, -0.1) is 0 Å². The SMILES string of the molecule is CC(=O)NC1CCCC(S(=O)(=O)O)C1. The molecule has 1 aliphatic rings. The highest BCUT2D eigenvalue weighted by atomic mass is 32.2. The topological polar surface area (TPSA) is 83.5 Å². The van der Waals surface area contributed by atoms with Gasteiger partial charge >= 0.3 is 0 Å². The summed E-state index contributed by atoms with van der Waals surface area (Å²) in [7, 11) is -3.95. The first-order valence-corrected chi connectivity index (χ1v) is 6.13. The number of hydrogen-bond donors (Lipinski definition) is 2. The van der Waals surface area contributed by atoms with Crippen LogP contribution in [0.1, 0.15) is 32.6 Å². The molecular weight excluding hydrogens is 206 g/mol. The summed E-state index contributed by atoms with van der Waals surface area (Å²) in [6.07, 6.45) is 2.30. The molecule has 1 rings (SSSR count). The highest BCUT2D eigenvalue weighted by Gasteiger charge is 2.30. The van der Waals surface area contributed by atoms with Gasteiger partial charge in [-0.1, -0.05) is 6.42 Å². The Morgan fingerprint density at radius 1 is 1.43 bits per heavy atom. The van der Waals surface area contributed by atoms with Crippen molar-refractivity contribution in [2.24, 2.45) is 0 Å². The number of nitrogens with one attached hydrogen (secondary N) is 1. The molecule has 0 aromatic rings. The Kier molecular flexibility index (Phi) is 3.49. The summed E-state index contributed by atoms with van der Waals surface area (Å²) in [4.78, 5) is 10.7. The summed E-state index contributed by atoms with van der Waals surface area (Å²) in [5.41, 5.74) is 0. The molecule has 2 unspecified atom stereocenters. The first-order valence-electron chi connectivity index (χ1n) is 4.63. The summed E-state index contributed by atoms with van der Waals surface area (Å²) in [5, 5.41) is 1.95. The van der Waals surface area contributed by atoms with Crippen molar-refractivity contribution >= 4 is 16.0 Å². The Hall–Kier alpha value is -0.620. The summed E-state index contributed by atoms with van der Waals surface area (Å²) < 4.78 is 30.6. The summed E-state index contributed by atoms with van der Waals surface area (Å²) in [5.74, 6) is -0.161. The lowest BCUT2D eigenvalue weighted by Gasteiger charge is -2.27. The second-order valence-corrected chi connectivity index (χ2v) is 5.40. The highest BCUT2D eigenvalue weighted by molar-refractivity contribution is 7.86. The third-order valence-electron chi connectivity index (χ3n) is 2.45. The van der Waals surface area contributed by atoms with E-state index in [4.69, 9.17) is 4.55 Å². The third kappa shape index (κ3) is 3.26. The second-order valence-electron chi connectivity index (χ2n) is 3.70. The Balaban J connectivity index is 2.56. The molecule has 2 N–H and O–H groups in total. The third-order valence-corrected chi connectivity index (χ3v) is 3.73. The number of carbonyl (C=O) groups is 1. The standard InChI is InChI=1S/C8H15NO4S/c1-6(10)9-7-3-2-4-8(5-7)14(11,12)13/h7-8H,2-5H2,1H3,(H,9,10)(H,11,12,13). The van der Waals surface area contributed by atoms with Gasteiger partial charge in [0.15, 0.2) is 0 Å². The van der Waals surface area contributed by atoms with Crippen molar-refractivity contribution in [3.63, 3.8) is 0 Å². The minimum atomic E-state index is -3.95. The lowest BCUT2D eigenvalue weighted by atomic mass is 9.95. The van der Waals surface area contributed by atoms with E-state index in [0.717, 1.165) is 12.8 Å². The minimum absolute atomic E-state index is 0.117. The predicted octanol–water partition coefficient (Wildman–Crippen LogP) is 0.322. The van der Waals surface area contributed by atoms with Crippen molar-refractivity contribution in [1.82, 2.24) is 5.32 Å². The van der Waals surface area contributed by atoms with E-state index in [2.05, 4.69) is 5.32 Å². The number of hydrogen-bond acceptors (Lipinski definition) is 3. The van der Waals surface area contributed by atoms with Gasteiger partial charge in [-0.05, 0) is 19.3 Å². The summed E-state index contributed by atoms with van der Waals surface area (Å²) in [6.45, 7) is 1.40. The van der Waals surface area contributed by atoms with Crippen LogP contribution in [0.2, 0.25) is 0 Å². The van der Waals surface area contributed by atoms with Crippen LogP contribution in [-0.2, 0) is 14.9 Å². The number of rotatable bonds is 2. The Bertz CT molecular complexity index is 311.